The van der Waals surface area contributed by atoms with E-state index in [-0.39, 0.29) is 5.91 Å². The highest BCUT2D eigenvalue weighted by Crippen LogP contribution is 2.32. The molecule has 1 aromatic carbocycles. The zero-order valence-corrected chi connectivity index (χ0v) is 13.4. The number of carbonyl (C=O) groups is 1. The van der Waals surface area contributed by atoms with Gasteiger partial charge in [0.1, 0.15) is 12.4 Å². The number of halogens is 1. The minimum Gasteiger partial charge on any atom is -0.492 e. The molecule has 0 saturated heterocycles. The highest BCUT2D eigenvalue weighted by atomic mass is 35.5. The van der Waals surface area contributed by atoms with Gasteiger partial charge in [-0.2, -0.15) is 0 Å². The van der Waals surface area contributed by atoms with Crippen LogP contribution in [0.4, 0.5) is 0 Å². The fourth-order valence-corrected chi connectivity index (χ4v) is 2.39. The fraction of sp³-hybridized carbons (Fsp3) is 0.562. The van der Waals surface area contributed by atoms with Gasteiger partial charge < -0.3 is 10.1 Å². The van der Waals surface area contributed by atoms with Crippen LogP contribution < -0.4 is 10.1 Å². The number of nitrogens with zero attached hydrogens (tertiary/aromatic N) is 1. The summed E-state index contributed by atoms with van der Waals surface area (Å²) in [5, 5.41) is 3.71. The summed E-state index contributed by atoms with van der Waals surface area (Å²) < 4.78 is 5.61. The third-order valence-electron chi connectivity index (χ3n) is 3.67. The molecule has 0 aromatic heterocycles. The first-order valence-electron chi connectivity index (χ1n) is 7.41. The first kappa shape index (κ1) is 16.1. The van der Waals surface area contributed by atoms with Gasteiger partial charge in [0.25, 0.3) is 0 Å². The van der Waals surface area contributed by atoms with Crippen LogP contribution in [0.15, 0.2) is 24.3 Å². The molecule has 21 heavy (non-hydrogen) atoms. The molecule has 1 aliphatic rings. The largest absolute Gasteiger partial charge is 0.492 e. The van der Waals surface area contributed by atoms with Gasteiger partial charge in [-0.3, -0.25) is 9.69 Å². The molecular formula is C16H23ClN2O2. The maximum Gasteiger partial charge on any atom is 0.234 e. The van der Waals surface area contributed by atoms with E-state index in [0.29, 0.717) is 36.7 Å². The molecule has 0 radical (unpaired) electrons. The van der Waals surface area contributed by atoms with Crippen molar-refractivity contribution in [2.45, 2.75) is 25.8 Å². The lowest BCUT2D eigenvalue weighted by Crippen LogP contribution is -2.41. The van der Waals surface area contributed by atoms with E-state index in [1.54, 1.807) is 6.07 Å². The van der Waals surface area contributed by atoms with Gasteiger partial charge in [-0.1, -0.05) is 17.7 Å². The van der Waals surface area contributed by atoms with Crippen LogP contribution in [0.3, 0.4) is 0 Å². The summed E-state index contributed by atoms with van der Waals surface area (Å²) in [6.07, 6.45) is 2.48. The Balaban J connectivity index is 1.62. The van der Waals surface area contributed by atoms with Crippen molar-refractivity contribution < 1.29 is 9.53 Å². The van der Waals surface area contributed by atoms with Crippen LogP contribution in [-0.4, -0.2) is 43.6 Å². The number of hydrogen-bond acceptors (Lipinski definition) is 3. The van der Waals surface area contributed by atoms with Crippen LogP contribution in [0.1, 0.15) is 19.8 Å². The second-order valence-electron chi connectivity index (χ2n) is 5.74. The Labute approximate surface area is 131 Å². The molecule has 5 heteroatoms. The zero-order chi connectivity index (χ0) is 15.2. The molecule has 0 bridgehead atoms. The highest BCUT2D eigenvalue weighted by Gasteiger charge is 2.28. The number of nitrogens with one attached hydrogen (secondary N) is 1. The summed E-state index contributed by atoms with van der Waals surface area (Å²) in [5.74, 6) is 1.52. The Bertz CT molecular complexity index is 477. The van der Waals surface area contributed by atoms with Gasteiger partial charge in [-0.15, -0.1) is 0 Å². The van der Waals surface area contributed by atoms with Crippen LogP contribution in [-0.2, 0) is 4.79 Å². The molecule has 1 amide bonds. The van der Waals surface area contributed by atoms with Gasteiger partial charge in [0, 0.05) is 17.6 Å². The second kappa shape index (κ2) is 7.66. The molecule has 1 aromatic rings. The minimum absolute atomic E-state index is 0.0830. The van der Waals surface area contributed by atoms with E-state index in [9.17, 15) is 4.79 Å². The smallest absolute Gasteiger partial charge is 0.234 e. The highest BCUT2D eigenvalue weighted by molar-refractivity contribution is 6.30. The molecule has 1 fully saturated rings. The number of carbonyl (C=O) groups excluding carboxylic acids is 1. The second-order valence-corrected chi connectivity index (χ2v) is 6.17. The average Bonchev–Trinajstić information content (AvgIpc) is 3.22. The molecule has 4 nitrogen and oxygen atoms in total. The first-order valence-corrected chi connectivity index (χ1v) is 7.78. The van der Waals surface area contributed by atoms with Crippen LogP contribution in [0.25, 0.3) is 0 Å². The van der Waals surface area contributed by atoms with Crippen molar-refractivity contribution in [1.29, 1.82) is 0 Å². The lowest BCUT2D eigenvalue weighted by molar-refractivity contribution is -0.122. The summed E-state index contributed by atoms with van der Waals surface area (Å²) in [6, 6.07) is 7.62. The van der Waals surface area contributed by atoms with Gasteiger partial charge in [-0.05, 0) is 50.9 Å². The van der Waals surface area contributed by atoms with Gasteiger partial charge >= 0.3 is 0 Å². The quantitative estimate of drug-likeness (QED) is 0.802. The van der Waals surface area contributed by atoms with Crippen molar-refractivity contribution in [2.24, 2.45) is 5.92 Å². The van der Waals surface area contributed by atoms with Crippen molar-refractivity contribution in [3.8, 4) is 5.75 Å². The van der Waals surface area contributed by atoms with Crippen LogP contribution in [0, 0.1) is 5.92 Å². The van der Waals surface area contributed by atoms with Crippen molar-refractivity contribution >= 4 is 17.5 Å². The molecule has 1 unspecified atom stereocenters. The van der Waals surface area contributed by atoms with Crippen molar-refractivity contribution in [1.82, 2.24) is 10.2 Å². The van der Waals surface area contributed by atoms with E-state index >= 15 is 0 Å². The van der Waals surface area contributed by atoms with E-state index in [2.05, 4.69) is 12.2 Å². The first-order chi connectivity index (χ1) is 10.0. The lowest BCUT2D eigenvalue weighted by atomic mass is 10.2. The summed E-state index contributed by atoms with van der Waals surface area (Å²) >= 11 is 5.89. The fourth-order valence-electron chi connectivity index (χ4n) is 2.21. The number of benzene rings is 1. The Kier molecular flexibility index (Phi) is 5.88. The monoisotopic (exact) mass is 310 g/mol. The molecule has 0 heterocycles. The molecule has 2 rings (SSSR count). The standard InChI is InChI=1S/C16H23ClN2O2/c1-12(13-6-7-13)18-16(20)11-19(2)8-9-21-15-5-3-4-14(17)10-15/h3-5,10,12-13H,6-9,11H2,1-2H3,(H,18,20). The van der Waals surface area contributed by atoms with Crippen LogP contribution in [0.2, 0.25) is 5.02 Å². The molecule has 1 aliphatic carbocycles. The van der Waals surface area contributed by atoms with E-state index in [0.717, 1.165) is 5.75 Å². The third-order valence-corrected chi connectivity index (χ3v) is 3.90. The molecule has 1 saturated carbocycles. The number of likely N-dealkylation sites (N-methyl/N-ethyl adjacent to an activating group) is 1. The number of ether oxygens (including phenoxy) is 1. The number of amides is 1. The van der Waals surface area contributed by atoms with Crippen molar-refractivity contribution in [2.75, 3.05) is 26.7 Å². The predicted molar refractivity (Wildman–Crippen MR) is 84.8 cm³/mol. The molecule has 0 spiro atoms. The third kappa shape index (κ3) is 5.94. The number of hydrogen-bond donors (Lipinski definition) is 1. The molecule has 0 aliphatic heterocycles. The Morgan fingerprint density at radius 2 is 2.29 bits per heavy atom. The van der Waals surface area contributed by atoms with Crippen LogP contribution >= 0.6 is 11.6 Å². The van der Waals surface area contributed by atoms with Gasteiger partial charge in [0.15, 0.2) is 0 Å². The minimum atomic E-state index is 0.0830. The van der Waals surface area contributed by atoms with E-state index < -0.39 is 0 Å². The van der Waals surface area contributed by atoms with Crippen LogP contribution in [0.5, 0.6) is 5.75 Å². The maximum atomic E-state index is 11.9. The van der Waals surface area contributed by atoms with Crippen molar-refractivity contribution in [3.05, 3.63) is 29.3 Å². The molecule has 116 valence electrons. The normalized spacial score (nSPS) is 15.8. The lowest BCUT2D eigenvalue weighted by Gasteiger charge is -2.19. The Hall–Kier alpha value is -1.26. The van der Waals surface area contributed by atoms with Gasteiger partial charge in [0.2, 0.25) is 5.91 Å². The summed E-state index contributed by atoms with van der Waals surface area (Å²) in [5.41, 5.74) is 0. The predicted octanol–water partition coefficient (Wildman–Crippen LogP) is 2.57. The summed E-state index contributed by atoms with van der Waals surface area (Å²) in [4.78, 5) is 13.8. The van der Waals surface area contributed by atoms with E-state index in [4.69, 9.17) is 16.3 Å². The van der Waals surface area contributed by atoms with Crippen molar-refractivity contribution in [3.63, 3.8) is 0 Å². The van der Waals surface area contributed by atoms with E-state index in [1.165, 1.54) is 12.8 Å². The van der Waals surface area contributed by atoms with Gasteiger partial charge in [-0.25, -0.2) is 0 Å². The summed E-state index contributed by atoms with van der Waals surface area (Å²) in [6.45, 7) is 3.70. The topological polar surface area (TPSA) is 41.6 Å². The molecule has 1 N–H and O–H groups in total. The molecular weight excluding hydrogens is 288 g/mol. The SMILES string of the molecule is CC(NC(=O)CN(C)CCOc1cccc(Cl)c1)C1CC1. The Morgan fingerprint density at radius 1 is 1.52 bits per heavy atom. The number of rotatable bonds is 8. The maximum absolute atomic E-state index is 11.9. The van der Waals surface area contributed by atoms with Gasteiger partial charge in [0.05, 0.1) is 6.54 Å². The molecule has 1 atom stereocenters. The Morgan fingerprint density at radius 3 is 2.95 bits per heavy atom. The van der Waals surface area contributed by atoms with E-state index in [1.807, 2.05) is 30.1 Å². The summed E-state index contributed by atoms with van der Waals surface area (Å²) in [7, 11) is 1.92. The zero-order valence-electron chi connectivity index (χ0n) is 12.6. The average molecular weight is 311 g/mol.